The fourth-order valence-electron chi connectivity index (χ4n) is 1.85. The lowest BCUT2D eigenvalue weighted by molar-refractivity contribution is 0.0469. The van der Waals surface area contributed by atoms with Gasteiger partial charge in [0.15, 0.2) is 0 Å². The average Bonchev–Trinajstić information content (AvgIpc) is 2.35. The van der Waals surface area contributed by atoms with Gasteiger partial charge >= 0.3 is 0 Å². The van der Waals surface area contributed by atoms with Crippen molar-refractivity contribution in [2.75, 3.05) is 13.7 Å². The lowest BCUT2D eigenvalue weighted by atomic mass is 10.0. The highest BCUT2D eigenvalue weighted by Crippen LogP contribution is 2.23. The van der Waals surface area contributed by atoms with Crippen LogP contribution in [-0.4, -0.2) is 30.3 Å². The van der Waals surface area contributed by atoms with Gasteiger partial charge in [0.05, 0.1) is 18.3 Å². The summed E-state index contributed by atoms with van der Waals surface area (Å²) in [6, 6.07) is 5.20. The third kappa shape index (κ3) is 4.84. The maximum atomic E-state index is 12.1. The molecule has 0 fully saturated rings. The smallest absolute Gasteiger partial charge is 0.255 e. The summed E-state index contributed by atoms with van der Waals surface area (Å²) in [7, 11) is 1.52. The van der Waals surface area contributed by atoms with Crippen LogP contribution in [0, 0.1) is 0 Å². The number of amides is 1. The van der Waals surface area contributed by atoms with Crippen LogP contribution in [0.5, 0.6) is 5.75 Å². The Bertz CT molecular complexity index is 446. The van der Waals surface area contributed by atoms with Crippen molar-refractivity contribution >= 4 is 21.8 Å². The Morgan fingerprint density at radius 3 is 2.79 bits per heavy atom. The zero-order valence-corrected chi connectivity index (χ0v) is 13.1. The Morgan fingerprint density at radius 2 is 2.21 bits per heavy atom. The van der Waals surface area contributed by atoms with Crippen molar-refractivity contribution in [3.8, 4) is 5.75 Å². The summed E-state index contributed by atoms with van der Waals surface area (Å²) in [5, 5.41) is 12.8. The zero-order valence-electron chi connectivity index (χ0n) is 11.5. The van der Waals surface area contributed by atoms with Crippen LogP contribution in [0.3, 0.4) is 0 Å². The van der Waals surface area contributed by atoms with E-state index < -0.39 is 5.60 Å². The Hall–Kier alpha value is -1.07. The molecule has 2 N–H and O–H groups in total. The van der Waals surface area contributed by atoms with Crippen LogP contribution < -0.4 is 10.1 Å². The van der Waals surface area contributed by atoms with Gasteiger partial charge < -0.3 is 15.2 Å². The van der Waals surface area contributed by atoms with E-state index in [1.807, 2.05) is 6.92 Å². The van der Waals surface area contributed by atoms with Crippen LogP contribution in [0.2, 0.25) is 0 Å². The summed E-state index contributed by atoms with van der Waals surface area (Å²) in [5.74, 6) is 0.253. The van der Waals surface area contributed by atoms with E-state index in [-0.39, 0.29) is 12.5 Å². The molecule has 5 heteroatoms. The van der Waals surface area contributed by atoms with E-state index in [0.717, 1.165) is 10.9 Å². The number of rotatable bonds is 6. The Morgan fingerprint density at radius 1 is 1.53 bits per heavy atom. The van der Waals surface area contributed by atoms with Gasteiger partial charge in [-0.2, -0.15) is 0 Å². The van der Waals surface area contributed by atoms with E-state index in [1.54, 1.807) is 25.1 Å². The minimum absolute atomic E-state index is 0.221. The van der Waals surface area contributed by atoms with Crippen molar-refractivity contribution in [3.05, 3.63) is 28.2 Å². The largest absolute Gasteiger partial charge is 0.496 e. The molecule has 0 bridgehead atoms. The maximum absolute atomic E-state index is 12.1. The monoisotopic (exact) mass is 329 g/mol. The Kier molecular flexibility index (Phi) is 5.82. The van der Waals surface area contributed by atoms with Crippen molar-refractivity contribution < 1.29 is 14.6 Å². The summed E-state index contributed by atoms with van der Waals surface area (Å²) in [6.45, 7) is 3.93. The number of benzene rings is 1. The van der Waals surface area contributed by atoms with E-state index in [1.165, 1.54) is 7.11 Å². The molecule has 0 saturated heterocycles. The molecule has 1 unspecified atom stereocenters. The number of carbonyl (C=O) groups is 1. The maximum Gasteiger partial charge on any atom is 0.255 e. The molecule has 0 aliphatic heterocycles. The van der Waals surface area contributed by atoms with Crippen LogP contribution >= 0.6 is 15.9 Å². The minimum Gasteiger partial charge on any atom is -0.496 e. The highest BCUT2D eigenvalue weighted by atomic mass is 79.9. The van der Waals surface area contributed by atoms with Crippen molar-refractivity contribution in [2.45, 2.75) is 32.3 Å². The molecular formula is C14H20BrNO3. The molecule has 1 aromatic rings. The average molecular weight is 330 g/mol. The third-order valence-electron chi connectivity index (χ3n) is 2.83. The van der Waals surface area contributed by atoms with Gasteiger partial charge in [-0.05, 0) is 31.5 Å². The van der Waals surface area contributed by atoms with Crippen molar-refractivity contribution in [3.63, 3.8) is 0 Å². The molecule has 106 valence electrons. The number of hydrogen-bond acceptors (Lipinski definition) is 3. The molecule has 0 saturated carbocycles. The molecule has 0 spiro atoms. The third-order valence-corrected chi connectivity index (χ3v) is 3.32. The highest BCUT2D eigenvalue weighted by molar-refractivity contribution is 9.10. The molecule has 0 heterocycles. The van der Waals surface area contributed by atoms with E-state index in [2.05, 4.69) is 21.2 Å². The number of methoxy groups -OCH3 is 1. The second-order valence-electron chi connectivity index (χ2n) is 4.77. The quantitative estimate of drug-likeness (QED) is 0.843. The molecule has 1 atom stereocenters. The van der Waals surface area contributed by atoms with Crippen molar-refractivity contribution in [1.29, 1.82) is 0 Å². The molecule has 0 radical (unpaired) electrons. The molecule has 0 aromatic heterocycles. The lowest BCUT2D eigenvalue weighted by Gasteiger charge is -2.23. The SMILES string of the molecule is CCCC(C)(O)CNC(=O)c1ccc(Br)cc1OC. The molecule has 1 amide bonds. The first-order valence-electron chi connectivity index (χ1n) is 6.23. The van der Waals surface area contributed by atoms with E-state index >= 15 is 0 Å². The van der Waals surface area contributed by atoms with Gasteiger partial charge in [0, 0.05) is 11.0 Å². The molecule has 19 heavy (non-hydrogen) atoms. The second-order valence-corrected chi connectivity index (χ2v) is 5.69. The van der Waals surface area contributed by atoms with Crippen LogP contribution in [0.4, 0.5) is 0 Å². The van der Waals surface area contributed by atoms with Gasteiger partial charge in [0.25, 0.3) is 5.91 Å². The highest BCUT2D eigenvalue weighted by Gasteiger charge is 2.21. The Labute approximate surface area is 122 Å². The van der Waals surface area contributed by atoms with Crippen LogP contribution in [0.25, 0.3) is 0 Å². The number of ether oxygens (including phenoxy) is 1. The van der Waals surface area contributed by atoms with Crippen LogP contribution in [0.1, 0.15) is 37.0 Å². The summed E-state index contributed by atoms with van der Waals surface area (Å²) in [6.07, 6.45) is 1.51. The molecule has 0 aliphatic rings. The number of halogens is 1. The summed E-state index contributed by atoms with van der Waals surface area (Å²) < 4.78 is 6.02. The molecule has 4 nitrogen and oxygen atoms in total. The Balaban J connectivity index is 2.74. The van der Waals surface area contributed by atoms with E-state index in [4.69, 9.17) is 4.74 Å². The number of hydrogen-bond donors (Lipinski definition) is 2. The van der Waals surface area contributed by atoms with Crippen LogP contribution in [0.15, 0.2) is 22.7 Å². The first-order valence-corrected chi connectivity index (χ1v) is 7.03. The summed E-state index contributed by atoms with van der Waals surface area (Å²) in [5.41, 5.74) is -0.425. The van der Waals surface area contributed by atoms with Gasteiger partial charge in [0.2, 0.25) is 0 Å². The van der Waals surface area contributed by atoms with Gasteiger partial charge in [-0.15, -0.1) is 0 Å². The van der Waals surface area contributed by atoms with Gasteiger partial charge in [-0.1, -0.05) is 29.3 Å². The number of nitrogens with one attached hydrogen (secondary N) is 1. The lowest BCUT2D eigenvalue weighted by Crippen LogP contribution is -2.40. The minimum atomic E-state index is -0.882. The zero-order chi connectivity index (χ0) is 14.5. The van der Waals surface area contributed by atoms with Gasteiger partial charge in [-0.25, -0.2) is 0 Å². The fourth-order valence-corrected chi connectivity index (χ4v) is 2.19. The summed E-state index contributed by atoms with van der Waals surface area (Å²) in [4.78, 5) is 12.1. The molecule has 1 aromatic carbocycles. The standard InChI is InChI=1S/C14H20BrNO3/c1-4-7-14(2,18)9-16-13(17)11-6-5-10(15)8-12(11)19-3/h5-6,8,18H,4,7,9H2,1-3H3,(H,16,17). The van der Waals surface area contributed by atoms with Gasteiger partial charge in [0.1, 0.15) is 5.75 Å². The molecule has 1 rings (SSSR count). The first kappa shape index (κ1) is 16.0. The number of carbonyl (C=O) groups excluding carboxylic acids is 1. The fraction of sp³-hybridized carbons (Fsp3) is 0.500. The van der Waals surface area contributed by atoms with E-state index in [0.29, 0.717) is 17.7 Å². The number of aliphatic hydroxyl groups is 1. The summed E-state index contributed by atoms with van der Waals surface area (Å²) >= 11 is 3.33. The second kappa shape index (κ2) is 6.91. The van der Waals surface area contributed by atoms with Crippen molar-refractivity contribution in [1.82, 2.24) is 5.32 Å². The first-order chi connectivity index (χ1) is 8.89. The molecule has 0 aliphatic carbocycles. The van der Waals surface area contributed by atoms with Gasteiger partial charge in [-0.3, -0.25) is 4.79 Å². The normalized spacial score (nSPS) is 13.7. The van der Waals surface area contributed by atoms with Crippen molar-refractivity contribution in [2.24, 2.45) is 0 Å². The predicted octanol–water partition coefficient (Wildman–Crippen LogP) is 2.74. The topological polar surface area (TPSA) is 58.6 Å². The van der Waals surface area contributed by atoms with E-state index in [9.17, 15) is 9.90 Å². The molecular weight excluding hydrogens is 310 g/mol. The predicted molar refractivity (Wildman–Crippen MR) is 78.6 cm³/mol. The van der Waals surface area contributed by atoms with Crippen LogP contribution in [-0.2, 0) is 0 Å².